The highest BCUT2D eigenvalue weighted by molar-refractivity contribution is 7.92. The van der Waals surface area contributed by atoms with Crippen LogP contribution in [0.4, 0.5) is 5.69 Å². The van der Waals surface area contributed by atoms with Gasteiger partial charge >= 0.3 is 0 Å². The number of nitrogens with zero attached hydrogens (tertiary/aromatic N) is 1. The van der Waals surface area contributed by atoms with E-state index in [9.17, 15) is 13.2 Å². The second-order valence-corrected chi connectivity index (χ2v) is 10.4. The van der Waals surface area contributed by atoms with E-state index in [1.807, 2.05) is 38.1 Å². The van der Waals surface area contributed by atoms with E-state index in [-0.39, 0.29) is 24.1 Å². The second kappa shape index (κ2) is 9.95. The molecule has 0 aliphatic carbocycles. The van der Waals surface area contributed by atoms with E-state index in [4.69, 9.17) is 21.1 Å². The van der Waals surface area contributed by atoms with Crippen LogP contribution in [-0.4, -0.2) is 33.1 Å². The molecule has 0 spiro atoms. The number of halogens is 1. The first-order valence-electron chi connectivity index (χ1n) is 10.8. The first-order chi connectivity index (χ1) is 16.2. The molecule has 178 valence electrons. The number of anilines is 1. The van der Waals surface area contributed by atoms with Crippen LogP contribution in [0.15, 0.2) is 77.7 Å². The molecule has 1 aliphatic rings. The van der Waals surface area contributed by atoms with Crippen molar-refractivity contribution < 1.29 is 22.7 Å². The molecular weight excluding hydrogens is 476 g/mol. The zero-order chi connectivity index (χ0) is 24.3. The number of carbonyl (C=O) groups is 1. The summed E-state index contributed by atoms with van der Waals surface area (Å²) >= 11 is 5.92. The number of benzene rings is 3. The predicted molar refractivity (Wildman–Crippen MR) is 131 cm³/mol. The minimum Gasteiger partial charge on any atom is -0.491 e. The number of para-hydroxylation sites is 2. The van der Waals surface area contributed by atoms with Crippen molar-refractivity contribution in [2.75, 3.05) is 10.8 Å². The molecule has 1 aliphatic heterocycles. The molecule has 34 heavy (non-hydrogen) atoms. The van der Waals surface area contributed by atoms with Crippen molar-refractivity contribution in [3.8, 4) is 11.5 Å². The third kappa shape index (κ3) is 5.29. The maximum Gasteiger partial charge on any atom is 0.264 e. The summed E-state index contributed by atoms with van der Waals surface area (Å²) in [5.74, 6) is 0.662. The first kappa shape index (κ1) is 23.9. The molecule has 0 saturated carbocycles. The second-order valence-electron chi connectivity index (χ2n) is 8.09. The van der Waals surface area contributed by atoms with Crippen LogP contribution >= 0.6 is 11.6 Å². The van der Waals surface area contributed by atoms with Crippen molar-refractivity contribution in [2.24, 2.45) is 0 Å². The molecule has 3 aromatic rings. The van der Waals surface area contributed by atoms with Crippen molar-refractivity contribution in [1.29, 1.82) is 0 Å². The van der Waals surface area contributed by atoms with E-state index >= 15 is 0 Å². The average Bonchev–Trinajstić information content (AvgIpc) is 2.82. The molecule has 1 amide bonds. The zero-order valence-corrected chi connectivity index (χ0v) is 20.3. The SMILES string of the molecule is CC(C)Oc1ccc(CNC(=O)[C@@H]2CN(S(=O)(=O)c3ccc(Cl)cc3)c3ccccc3O2)cc1. The molecule has 0 bridgehead atoms. The van der Waals surface area contributed by atoms with Crippen molar-refractivity contribution in [2.45, 2.75) is 37.5 Å². The van der Waals surface area contributed by atoms with Crippen LogP contribution in [0.2, 0.25) is 5.02 Å². The maximum atomic E-state index is 13.4. The van der Waals surface area contributed by atoms with Crippen molar-refractivity contribution in [1.82, 2.24) is 5.32 Å². The Morgan fingerprint density at radius 1 is 1.09 bits per heavy atom. The molecule has 1 atom stereocenters. The summed E-state index contributed by atoms with van der Waals surface area (Å²) in [6.07, 6.45) is -0.940. The Bertz CT molecular complexity index is 1260. The molecule has 0 fully saturated rings. The normalized spacial score (nSPS) is 15.4. The van der Waals surface area contributed by atoms with E-state index in [0.29, 0.717) is 16.5 Å². The monoisotopic (exact) mass is 500 g/mol. The van der Waals surface area contributed by atoms with Crippen LogP contribution in [0.1, 0.15) is 19.4 Å². The van der Waals surface area contributed by atoms with Crippen LogP contribution in [0.5, 0.6) is 11.5 Å². The number of fused-ring (bicyclic) bond motifs is 1. The van der Waals surface area contributed by atoms with Gasteiger partial charge in [0.25, 0.3) is 15.9 Å². The van der Waals surface area contributed by atoms with Crippen LogP contribution in [-0.2, 0) is 21.4 Å². The predicted octanol–water partition coefficient (Wildman–Crippen LogP) is 4.40. The largest absolute Gasteiger partial charge is 0.491 e. The van der Waals surface area contributed by atoms with Crippen molar-refractivity contribution in [3.05, 3.63) is 83.4 Å². The van der Waals surface area contributed by atoms with Crippen LogP contribution in [0, 0.1) is 0 Å². The molecule has 4 rings (SSSR count). The minimum absolute atomic E-state index is 0.0731. The number of amides is 1. The van der Waals surface area contributed by atoms with Crippen LogP contribution < -0.4 is 19.1 Å². The molecule has 0 radical (unpaired) electrons. The van der Waals surface area contributed by atoms with Gasteiger partial charge < -0.3 is 14.8 Å². The molecule has 3 aromatic carbocycles. The molecule has 9 heteroatoms. The summed E-state index contributed by atoms with van der Waals surface area (Å²) in [4.78, 5) is 13.0. The van der Waals surface area contributed by atoms with Crippen molar-refractivity contribution in [3.63, 3.8) is 0 Å². The molecule has 1 N–H and O–H groups in total. The first-order valence-corrected chi connectivity index (χ1v) is 12.6. The summed E-state index contributed by atoms with van der Waals surface area (Å²) in [6.45, 7) is 4.01. The molecule has 0 aromatic heterocycles. The summed E-state index contributed by atoms with van der Waals surface area (Å²) in [6, 6.07) is 20.1. The Labute approximate surface area is 204 Å². The average molecular weight is 501 g/mol. The van der Waals surface area contributed by atoms with Crippen LogP contribution in [0.25, 0.3) is 0 Å². The zero-order valence-electron chi connectivity index (χ0n) is 18.8. The number of sulfonamides is 1. The number of hydrogen-bond acceptors (Lipinski definition) is 5. The van der Waals surface area contributed by atoms with Gasteiger partial charge in [-0.25, -0.2) is 8.42 Å². The van der Waals surface area contributed by atoms with E-state index in [1.54, 1.807) is 24.3 Å². The summed E-state index contributed by atoms with van der Waals surface area (Å²) in [5.41, 5.74) is 1.26. The fourth-order valence-electron chi connectivity index (χ4n) is 3.56. The lowest BCUT2D eigenvalue weighted by Gasteiger charge is -2.34. The Morgan fingerprint density at radius 2 is 1.76 bits per heavy atom. The van der Waals surface area contributed by atoms with Gasteiger partial charge in [0, 0.05) is 11.6 Å². The number of carbonyl (C=O) groups excluding carboxylic acids is 1. The smallest absolute Gasteiger partial charge is 0.264 e. The van der Waals surface area contributed by atoms with Gasteiger partial charge in [0.15, 0.2) is 6.10 Å². The Morgan fingerprint density at radius 3 is 2.44 bits per heavy atom. The molecule has 0 unspecified atom stereocenters. The third-order valence-corrected chi connectivity index (χ3v) is 7.24. The van der Waals surface area contributed by atoms with Gasteiger partial charge in [-0.1, -0.05) is 35.9 Å². The van der Waals surface area contributed by atoms with E-state index in [2.05, 4.69) is 5.32 Å². The van der Waals surface area contributed by atoms with Gasteiger partial charge in [-0.15, -0.1) is 0 Å². The number of rotatable bonds is 7. The topological polar surface area (TPSA) is 84.9 Å². The molecule has 0 saturated heterocycles. The van der Waals surface area contributed by atoms with Gasteiger partial charge in [-0.3, -0.25) is 9.10 Å². The van der Waals surface area contributed by atoms with E-state index < -0.39 is 22.0 Å². The lowest BCUT2D eigenvalue weighted by atomic mass is 10.2. The third-order valence-electron chi connectivity index (χ3n) is 5.19. The molecule has 1 heterocycles. The highest BCUT2D eigenvalue weighted by Crippen LogP contribution is 2.37. The Kier molecular flexibility index (Phi) is 7.00. The fraction of sp³-hybridized carbons (Fsp3) is 0.240. The summed E-state index contributed by atoms with van der Waals surface area (Å²) in [5, 5.41) is 3.27. The van der Waals surface area contributed by atoms with E-state index in [1.165, 1.54) is 28.6 Å². The number of hydrogen-bond donors (Lipinski definition) is 1. The van der Waals surface area contributed by atoms with Gasteiger partial charge in [0.2, 0.25) is 0 Å². The van der Waals surface area contributed by atoms with Gasteiger partial charge in [-0.05, 0) is 67.9 Å². The lowest BCUT2D eigenvalue weighted by Crippen LogP contribution is -2.50. The lowest BCUT2D eigenvalue weighted by molar-refractivity contribution is -0.127. The van der Waals surface area contributed by atoms with Gasteiger partial charge in [-0.2, -0.15) is 0 Å². The summed E-state index contributed by atoms with van der Waals surface area (Å²) < 4.78 is 39.5. The fourth-order valence-corrected chi connectivity index (χ4v) is 5.16. The Balaban J connectivity index is 1.51. The molecular formula is C25H25ClN2O5S. The van der Waals surface area contributed by atoms with E-state index in [0.717, 1.165) is 11.3 Å². The quantitative estimate of drug-likeness (QED) is 0.519. The highest BCUT2D eigenvalue weighted by Gasteiger charge is 2.37. The standard InChI is InChI=1S/C25H25ClN2O5S/c1-17(2)32-20-11-7-18(8-12-20)15-27-25(29)24-16-28(22-5-3-4-6-23(22)33-24)34(30,31)21-13-9-19(26)10-14-21/h3-14,17,24H,15-16H2,1-2H3,(H,27,29)/t24-/m0/s1. The highest BCUT2D eigenvalue weighted by atomic mass is 35.5. The Hall–Kier alpha value is -3.23. The number of ether oxygens (including phenoxy) is 2. The van der Waals surface area contributed by atoms with Crippen LogP contribution in [0.3, 0.4) is 0 Å². The summed E-state index contributed by atoms with van der Waals surface area (Å²) in [7, 11) is -3.94. The van der Waals surface area contributed by atoms with Gasteiger partial charge in [0.1, 0.15) is 11.5 Å². The number of nitrogens with one attached hydrogen (secondary N) is 1. The maximum absolute atomic E-state index is 13.4. The molecule has 7 nitrogen and oxygen atoms in total. The van der Waals surface area contributed by atoms with Gasteiger partial charge in [0.05, 0.1) is 23.2 Å². The van der Waals surface area contributed by atoms with Crippen molar-refractivity contribution >= 4 is 33.2 Å². The minimum atomic E-state index is -3.94.